The molecule has 0 aliphatic carbocycles. The first-order valence-electron chi connectivity index (χ1n) is 7.67. The highest BCUT2D eigenvalue weighted by Gasteiger charge is 2.10. The summed E-state index contributed by atoms with van der Waals surface area (Å²) >= 11 is 0. The number of rotatable bonds is 6. The maximum Gasteiger partial charge on any atom is 0.130 e. The molecular weight excluding hydrogens is 304 g/mol. The van der Waals surface area contributed by atoms with Crippen molar-refractivity contribution in [1.82, 2.24) is 0 Å². The standard InChI is InChI=1S/C20H24O4/c1-13-9-19(23-5)16(20(10-13)24-6)8-7-15-11-17(21-3)14(2)18(12-15)22-4/h7-12H,1-6H3/b8-7-. The summed E-state index contributed by atoms with van der Waals surface area (Å²) < 4.78 is 21.8. The van der Waals surface area contributed by atoms with E-state index in [1.165, 1.54) is 0 Å². The van der Waals surface area contributed by atoms with E-state index in [9.17, 15) is 0 Å². The molecule has 0 amide bonds. The maximum atomic E-state index is 5.49. The van der Waals surface area contributed by atoms with E-state index < -0.39 is 0 Å². The van der Waals surface area contributed by atoms with Gasteiger partial charge in [-0.25, -0.2) is 0 Å². The first-order chi connectivity index (χ1) is 11.5. The van der Waals surface area contributed by atoms with Gasteiger partial charge in [0.25, 0.3) is 0 Å². The van der Waals surface area contributed by atoms with Crippen LogP contribution in [0.4, 0.5) is 0 Å². The molecule has 0 N–H and O–H groups in total. The second-order valence-electron chi connectivity index (χ2n) is 5.47. The molecule has 0 fully saturated rings. The molecule has 0 radical (unpaired) electrons. The lowest BCUT2D eigenvalue weighted by Crippen LogP contribution is -1.94. The van der Waals surface area contributed by atoms with Crippen LogP contribution in [0.25, 0.3) is 12.2 Å². The van der Waals surface area contributed by atoms with E-state index in [2.05, 4.69) is 0 Å². The molecule has 4 heteroatoms. The molecular formula is C20H24O4. The van der Waals surface area contributed by atoms with Crippen LogP contribution in [-0.2, 0) is 0 Å². The summed E-state index contributed by atoms with van der Waals surface area (Å²) in [4.78, 5) is 0. The van der Waals surface area contributed by atoms with E-state index in [-0.39, 0.29) is 0 Å². The zero-order valence-corrected chi connectivity index (χ0v) is 15.1. The van der Waals surface area contributed by atoms with Crippen LogP contribution in [0.2, 0.25) is 0 Å². The Morgan fingerprint density at radius 2 is 1.08 bits per heavy atom. The van der Waals surface area contributed by atoms with Crippen molar-refractivity contribution < 1.29 is 18.9 Å². The quantitative estimate of drug-likeness (QED) is 0.731. The molecule has 0 saturated heterocycles. The van der Waals surface area contributed by atoms with Crippen molar-refractivity contribution in [2.45, 2.75) is 13.8 Å². The summed E-state index contributed by atoms with van der Waals surface area (Å²) in [6.45, 7) is 3.98. The van der Waals surface area contributed by atoms with Crippen LogP contribution in [0.15, 0.2) is 24.3 Å². The van der Waals surface area contributed by atoms with E-state index in [0.29, 0.717) is 0 Å². The average molecular weight is 328 g/mol. The fourth-order valence-corrected chi connectivity index (χ4v) is 2.62. The zero-order valence-electron chi connectivity index (χ0n) is 15.1. The van der Waals surface area contributed by atoms with Gasteiger partial charge in [0.15, 0.2) is 0 Å². The highest BCUT2D eigenvalue weighted by molar-refractivity contribution is 5.77. The average Bonchev–Trinajstić information content (AvgIpc) is 2.60. The minimum absolute atomic E-state index is 0.772. The lowest BCUT2D eigenvalue weighted by molar-refractivity contribution is 0.388. The molecule has 0 aromatic heterocycles. The Kier molecular flexibility index (Phi) is 5.74. The number of hydrogen-bond donors (Lipinski definition) is 0. The molecule has 0 heterocycles. The maximum absolute atomic E-state index is 5.49. The van der Waals surface area contributed by atoms with Gasteiger partial charge in [-0.15, -0.1) is 0 Å². The lowest BCUT2D eigenvalue weighted by atomic mass is 10.1. The third-order valence-electron chi connectivity index (χ3n) is 3.91. The van der Waals surface area contributed by atoms with Crippen molar-refractivity contribution in [2.75, 3.05) is 28.4 Å². The van der Waals surface area contributed by atoms with Gasteiger partial charge in [0.1, 0.15) is 23.0 Å². The van der Waals surface area contributed by atoms with E-state index >= 15 is 0 Å². The molecule has 24 heavy (non-hydrogen) atoms. The largest absolute Gasteiger partial charge is 0.496 e. The van der Waals surface area contributed by atoms with E-state index in [1.54, 1.807) is 28.4 Å². The molecule has 0 spiro atoms. The SMILES string of the molecule is COc1cc(/C=C\c2c(OC)cc(C)cc2OC)cc(OC)c1C. The minimum Gasteiger partial charge on any atom is -0.496 e. The molecule has 2 rings (SSSR count). The van der Waals surface area contributed by atoms with Crippen molar-refractivity contribution >= 4 is 12.2 Å². The predicted molar refractivity (Wildman–Crippen MR) is 97.5 cm³/mol. The molecule has 0 unspecified atom stereocenters. The molecule has 2 aromatic carbocycles. The number of hydrogen-bond acceptors (Lipinski definition) is 4. The normalized spacial score (nSPS) is 10.8. The highest BCUT2D eigenvalue weighted by Crippen LogP contribution is 2.34. The van der Waals surface area contributed by atoms with Gasteiger partial charge in [-0.05, 0) is 55.3 Å². The number of aryl methyl sites for hydroxylation is 1. The summed E-state index contributed by atoms with van der Waals surface area (Å²) in [5.74, 6) is 3.12. The molecule has 0 atom stereocenters. The Morgan fingerprint density at radius 3 is 1.50 bits per heavy atom. The third kappa shape index (κ3) is 3.65. The van der Waals surface area contributed by atoms with Gasteiger partial charge in [0, 0.05) is 5.56 Å². The molecule has 4 nitrogen and oxygen atoms in total. The van der Waals surface area contributed by atoms with Crippen LogP contribution in [0, 0.1) is 13.8 Å². The van der Waals surface area contributed by atoms with E-state index in [4.69, 9.17) is 18.9 Å². The number of ether oxygens (including phenoxy) is 4. The zero-order chi connectivity index (χ0) is 17.7. The molecule has 128 valence electrons. The Hall–Kier alpha value is -2.62. The van der Waals surface area contributed by atoms with E-state index in [1.807, 2.05) is 50.3 Å². The van der Waals surface area contributed by atoms with Crippen LogP contribution in [0.1, 0.15) is 22.3 Å². The van der Waals surface area contributed by atoms with Gasteiger partial charge in [-0.3, -0.25) is 0 Å². The molecule has 2 aromatic rings. The molecule has 0 aliphatic heterocycles. The van der Waals surface area contributed by atoms with Gasteiger partial charge >= 0.3 is 0 Å². The van der Waals surface area contributed by atoms with Crippen LogP contribution >= 0.6 is 0 Å². The predicted octanol–water partition coefficient (Wildman–Crippen LogP) is 4.51. The molecule has 0 bridgehead atoms. The Bertz CT molecular complexity index is 697. The fourth-order valence-electron chi connectivity index (χ4n) is 2.62. The summed E-state index contributed by atoms with van der Waals surface area (Å²) in [6, 6.07) is 7.92. The van der Waals surface area contributed by atoms with Crippen molar-refractivity contribution in [3.8, 4) is 23.0 Å². The van der Waals surface area contributed by atoms with Crippen LogP contribution in [0.3, 0.4) is 0 Å². The van der Waals surface area contributed by atoms with Crippen LogP contribution in [0.5, 0.6) is 23.0 Å². The fraction of sp³-hybridized carbons (Fsp3) is 0.300. The van der Waals surface area contributed by atoms with Crippen molar-refractivity contribution in [1.29, 1.82) is 0 Å². The van der Waals surface area contributed by atoms with Gasteiger partial charge < -0.3 is 18.9 Å². The van der Waals surface area contributed by atoms with Crippen LogP contribution in [-0.4, -0.2) is 28.4 Å². The van der Waals surface area contributed by atoms with Crippen molar-refractivity contribution in [2.24, 2.45) is 0 Å². The monoisotopic (exact) mass is 328 g/mol. The smallest absolute Gasteiger partial charge is 0.130 e. The van der Waals surface area contributed by atoms with Gasteiger partial charge in [0.05, 0.1) is 34.0 Å². The highest BCUT2D eigenvalue weighted by atomic mass is 16.5. The third-order valence-corrected chi connectivity index (χ3v) is 3.91. The van der Waals surface area contributed by atoms with Crippen molar-refractivity contribution in [3.05, 3.63) is 46.5 Å². The summed E-state index contributed by atoms with van der Waals surface area (Å²) in [6.07, 6.45) is 3.96. The lowest BCUT2D eigenvalue weighted by Gasteiger charge is -2.13. The van der Waals surface area contributed by atoms with E-state index in [0.717, 1.165) is 45.3 Å². The summed E-state index contributed by atoms with van der Waals surface area (Å²) in [5.41, 5.74) is 3.92. The Balaban J connectivity index is 2.48. The van der Waals surface area contributed by atoms with Gasteiger partial charge in [-0.1, -0.05) is 6.08 Å². The first kappa shape index (κ1) is 17.7. The molecule has 0 saturated carbocycles. The van der Waals surface area contributed by atoms with Crippen LogP contribution < -0.4 is 18.9 Å². The Morgan fingerprint density at radius 1 is 0.625 bits per heavy atom. The topological polar surface area (TPSA) is 36.9 Å². The first-order valence-corrected chi connectivity index (χ1v) is 7.67. The summed E-state index contributed by atoms with van der Waals surface area (Å²) in [7, 11) is 6.62. The van der Waals surface area contributed by atoms with Gasteiger partial charge in [-0.2, -0.15) is 0 Å². The second-order valence-corrected chi connectivity index (χ2v) is 5.47. The number of methoxy groups -OCH3 is 4. The summed E-state index contributed by atoms with van der Waals surface area (Å²) in [5, 5.41) is 0. The molecule has 0 aliphatic rings. The number of benzene rings is 2. The van der Waals surface area contributed by atoms with Gasteiger partial charge in [0.2, 0.25) is 0 Å². The van der Waals surface area contributed by atoms with Crippen molar-refractivity contribution in [3.63, 3.8) is 0 Å². The minimum atomic E-state index is 0.772. The second kappa shape index (κ2) is 7.77. The Labute approximate surface area is 143 Å².